The molecule has 3 atom stereocenters. The van der Waals surface area contributed by atoms with E-state index in [9.17, 15) is 10.2 Å². The summed E-state index contributed by atoms with van der Waals surface area (Å²) in [6.07, 6.45) is -0.154. The summed E-state index contributed by atoms with van der Waals surface area (Å²) < 4.78 is 7.21. The van der Waals surface area contributed by atoms with Crippen LogP contribution in [0.15, 0.2) is 18.3 Å². The van der Waals surface area contributed by atoms with Gasteiger partial charge in [0.15, 0.2) is 0 Å². The van der Waals surface area contributed by atoms with Crippen LogP contribution in [0.4, 0.5) is 0 Å². The number of hydrogen-bond donors (Lipinski definition) is 3. The molecule has 0 saturated carbocycles. The number of aromatic nitrogens is 2. The number of fused-ring (bicyclic) bond motifs is 3. The molecular weight excluding hydrogens is 246 g/mol. The third kappa shape index (κ3) is 1.98. The standard InChI is InChI=1S/C13H17N3O3/c1-7(14)5-16-12-8(4-15-16)2-3-10-11(12)13(18)9(17)6-19-10/h2-4,7,9,13,17-18H,5-6,14H2,1H3/t7?,9-,13-/m0/s1. The van der Waals surface area contributed by atoms with Gasteiger partial charge in [0.05, 0.1) is 23.8 Å². The van der Waals surface area contributed by atoms with Crippen molar-refractivity contribution in [1.29, 1.82) is 0 Å². The molecule has 102 valence electrons. The molecule has 3 rings (SSSR count). The minimum Gasteiger partial charge on any atom is -0.490 e. The molecule has 0 spiro atoms. The molecule has 0 radical (unpaired) electrons. The second-order valence-electron chi connectivity index (χ2n) is 5.04. The molecule has 0 saturated heterocycles. The van der Waals surface area contributed by atoms with E-state index in [4.69, 9.17) is 10.5 Å². The Morgan fingerprint density at radius 1 is 1.53 bits per heavy atom. The van der Waals surface area contributed by atoms with Gasteiger partial charge in [0.1, 0.15) is 24.6 Å². The zero-order valence-corrected chi connectivity index (χ0v) is 10.7. The summed E-state index contributed by atoms with van der Waals surface area (Å²) in [6.45, 7) is 2.54. The summed E-state index contributed by atoms with van der Waals surface area (Å²) in [5.74, 6) is 0.594. The maximum absolute atomic E-state index is 10.2. The maximum Gasteiger partial charge on any atom is 0.127 e. The fraction of sp³-hybridized carbons (Fsp3) is 0.462. The number of aliphatic hydroxyl groups is 2. The van der Waals surface area contributed by atoms with Gasteiger partial charge in [-0.25, -0.2) is 0 Å². The molecule has 19 heavy (non-hydrogen) atoms. The normalized spacial score (nSPS) is 24.0. The van der Waals surface area contributed by atoms with Crippen molar-refractivity contribution in [3.8, 4) is 5.75 Å². The quantitative estimate of drug-likeness (QED) is 0.718. The molecule has 4 N–H and O–H groups in total. The van der Waals surface area contributed by atoms with Crippen LogP contribution in [0, 0.1) is 0 Å². The molecule has 6 nitrogen and oxygen atoms in total. The Labute approximate surface area is 110 Å². The minimum absolute atomic E-state index is 0.0504. The van der Waals surface area contributed by atoms with Crippen LogP contribution in [-0.4, -0.2) is 38.7 Å². The zero-order chi connectivity index (χ0) is 13.6. The Morgan fingerprint density at radius 3 is 3.05 bits per heavy atom. The van der Waals surface area contributed by atoms with Crippen molar-refractivity contribution < 1.29 is 14.9 Å². The number of nitrogens with zero attached hydrogens (tertiary/aromatic N) is 2. The summed E-state index contributed by atoms with van der Waals surface area (Å²) in [7, 11) is 0. The lowest BCUT2D eigenvalue weighted by atomic mass is 9.98. The molecule has 0 aliphatic carbocycles. The van der Waals surface area contributed by atoms with E-state index in [2.05, 4.69) is 5.10 Å². The highest BCUT2D eigenvalue weighted by molar-refractivity contribution is 5.85. The van der Waals surface area contributed by atoms with Crippen LogP contribution in [0.3, 0.4) is 0 Å². The van der Waals surface area contributed by atoms with E-state index in [1.54, 1.807) is 16.9 Å². The van der Waals surface area contributed by atoms with E-state index in [1.807, 2.05) is 13.0 Å². The highest BCUT2D eigenvalue weighted by Gasteiger charge is 2.31. The van der Waals surface area contributed by atoms with Crippen LogP contribution in [-0.2, 0) is 6.54 Å². The van der Waals surface area contributed by atoms with Crippen LogP contribution in [0.25, 0.3) is 10.9 Å². The van der Waals surface area contributed by atoms with Gasteiger partial charge < -0.3 is 20.7 Å². The van der Waals surface area contributed by atoms with Crippen LogP contribution in [0.5, 0.6) is 5.75 Å². The van der Waals surface area contributed by atoms with Crippen molar-refractivity contribution in [2.24, 2.45) is 5.73 Å². The third-order valence-corrected chi connectivity index (χ3v) is 3.33. The first-order chi connectivity index (χ1) is 9.08. The molecule has 2 heterocycles. The van der Waals surface area contributed by atoms with Crippen LogP contribution in [0.2, 0.25) is 0 Å². The molecule has 1 aromatic carbocycles. The fourth-order valence-electron chi connectivity index (χ4n) is 2.47. The number of nitrogens with two attached hydrogens (primary N) is 1. The van der Waals surface area contributed by atoms with Gasteiger partial charge in [-0.2, -0.15) is 5.10 Å². The lowest BCUT2D eigenvalue weighted by Gasteiger charge is -2.27. The van der Waals surface area contributed by atoms with Gasteiger partial charge in [0.2, 0.25) is 0 Å². The number of hydrogen-bond acceptors (Lipinski definition) is 5. The van der Waals surface area contributed by atoms with E-state index in [1.165, 1.54) is 0 Å². The van der Waals surface area contributed by atoms with Gasteiger partial charge in [-0.05, 0) is 19.1 Å². The number of aliphatic hydroxyl groups excluding tert-OH is 2. The highest BCUT2D eigenvalue weighted by atomic mass is 16.5. The summed E-state index contributed by atoms with van der Waals surface area (Å²) in [5, 5.41) is 25.2. The predicted octanol–water partition coefficient (Wildman–Crippen LogP) is 0.170. The zero-order valence-electron chi connectivity index (χ0n) is 10.7. The number of benzene rings is 1. The molecule has 1 unspecified atom stereocenters. The maximum atomic E-state index is 10.2. The Hall–Kier alpha value is -1.63. The summed E-state index contributed by atoms with van der Waals surface area (Å²) in [4.78, 5) is 0. The van der Waals surface area contributed by atoms with Gasteiger partial charge in [0, 0.05) is 11.4 Å². The smallest absolute Gasteiger partial charge is 0.127 e. The van der Waals surface area contributed by atoms with Crippen molar-refractivity contribution in [3.63, 3.8) is 0 Å². The second-order valence-corrected chi connectivity index (χ2v) is 5.04. The summed E-state index contributed by atoms with van der Waals surface area (Å²) in [5.41, 5.74) is 7.18. The molecule has 0 bridgehead atoms. The summed E-state index contributed by atoms with van der Waals surface area (Å²) in [6, 6.07) is 3.64. The molecule has 2 aromatic rings. The molecule has 1 aliphatic heterocycles. The molecular formula is C13H17N3O3. The largest absolute Gasteiger partial charge is 0.490 e. The van der Waals surface area contributed by atoms with Crippen LogP contribution >= 0.6 is 0 Å². The van der Waals surface area contributed by atoms with E-state index < -0.39 is 12.2 Å². The van der Waals surface area contributed by atoms with E-state index >= 15 is 0 Å². The van der Waals surface area contributed by atoms with Gasteiger partial charge in [-0.1, -0.05) is 0 Å². The molecule has 0 amide bonds. The number of rotatable bonds is 2. The van der Waals surface area contributed by atoms with Crippen molar-refractivity contribution >= 4 is 10.9 Å². The summed E-state index contributed by atoms with van der Waals surface area (Å²) >= 11 is 0. The lowest BCUT2D eigenvalue weighted by molar-refractivity contribution is -0.0248. The highest BCUT2D eigenvalue weighted by Crippen LogP contribution is 2.37. The monoisotopic (exact) mass is 263 g/mol. The van der Waals surface area contributed by atoms with Crippen molar-refractivity contribution in [3.05, 3.63) is 23.9 Å². The third-order valence-electron chi connectivity index (χ3n) is 3.33. The molecule has 1 aliphatic rings. The van der Waals surface area contributed by atoms with Crippen molar-refractivity contribution in [2.75, 3.05) is 6.61 Å². The topological polar surface area (TPSA) is 93.5 Å². The first-order valence-electron chi connectivity index (χ1n) is 6.31. The van der Waals surface area contributed by atoms with Crippen molar-refractivity contribution in [2.45, 2.75) is 31.7 Å². The van der Waals surface area contributed by atoms with E-state index in [-0.39, 0.29) is 12.6 Å². The van der Waals surface area contributed by atoms with Gasteiger partial charge in [-0.15, -0.1) is 0 Å². The Kier molecular flexibility index (Phi) is 2.93. The van der Waals surface area contributed by atoms with Crippen molar-refractivity contribution in [1.82, 2.24) is 9.78 Å². The first-order valence-corrected chi connectivity index (χ1v) is 6.31. The lowest BCUT2D eigenvalue weighted by Crippen LogP contribution is -2.31. The van der Waals surface area contributed by atoms with Crippen LogP contribution < -0.4 is 10.5 Å². The van der Waals surface area contributed by atoms with Crippen LogP contribution in [0.1, 0.15) is 18.6 Å². The van der Waals surface area contributed by atoms with E-state index in [0.29, 0.717) is 17.9 Å². The first kappa shape index (κ1) is 12.4. The Bertz CT molecular complexity index is 608. The SMILES string of the molecule is CC(N)Cn1ncc2ccc3c(c21)[C@@H](O)[C@@H](O)CO3. The van der Waals surface area contributed by atoms with Gasteiger partial charge in [0.25, 0.3) is 0 Å². The predicted molar refractivity (Wildman–Crippen MR) is 69.8 cm³/mol. The fourth-order valence-corrected chi connectivity index (χ4v) is 2.47. The second kappa shape index (κ2) is 4.48. The molecule has 0 fully saturated rings. The van der Waals surface area contributed by atoms with Gasteiger partial charge >= 0.3 is 0 Å². The number of ether oxygens (including phenoxy) is 1. The Balaban J connectivity index is 2.21. The average Bonchev–Trinajstić information content (AvgIpc) is 2.76. The Morgan fingerprint density at radius 2 is 2.32 bits per heavy atom. The van der Waals surface area contributed by atoms with Gasteiger partial charge in [-0.3, -0.25) is 4.68 Å². The molecule has 1 aromatic heterocycles. The minimum atomic E-state index is -0.962. The average molecular weight is 263 g/mol. The molecule has 6 heteroatoms. The van der Waals surface area contributed by atoms with E-state index in [0.717, 1.165) is 10.9 Å².